The van der Waals surface area contributed by atoms with Crippen LogP contribution in [0.15, 0.2) is 30.3 Å². The van der Waals surface area contributed by atoms with E-state index in [4.69, 9.17) is 10.8 Å². The summed E-state index contributed by atoms with van der Waals surface area (Å²) in [4.78, 5) is 23.2. The molecular weight excluding hydrogens is 274 g/mol. The normalized spacial score (nSPS) is 14.6. The molecule has 0 aromatic heterocycles. The van der Waals surface area contributed by atoms with Crippen LogP contribution in [0.5, 0.6) is 0 Å². The molecule has 0 saturated carbocycles. The molecule has 1 rings (SSSR count). The number of nitrogens with two attached hydrogens (primary N) is 1. The fourth-order valence-corrected chi connectivity index (χ4v) is 2.68. The Morgan fingerprint density at radius 2 is 1.85 bits per heavy atom. The van der Waals surface area contributed by atoms with Crippen LogP contribution < -0.4 is 5.73 Å². The number of thiol groups is 1. The average molecular weight is 295 g/mol. The summed E-state index contributed by atoms with van der Waals surface area (Å²) in [5, 5.41) is 8.38. The number of carboxylic acid groups (broad SMARTS) is 1. The highest BCUT2D eigenvalue weighted by molar-refractivity contribution is 7.81. The van der Waals surface area contributed by atoms with Gasteiger partial charge in [-0.2, -0.15) is 12.6 Å². The van der Waals surface area contributed by atoms with E-state index in [1.165, 1.54) is 0 Å². The number of Topliss-reactive ketones (excluding diaryl/α,β-unsaturated/α-hetero) is 1. The Kier molecular flexibility index (Phi) is 5.77. The van der Waals surface area contributed by atoms with E-state index in [1.807, 2.05) is 30.3 Å². The van der Waals surface area contributed by atoms with Gasteiger partial charge in [-0.1, -0.05) is 44.2 Å². The van der Waals surface area contributed by atoms with Gasteiger partial charge in [0.1, 0.15) is 6.04 Å². The summed E-state index contributed by atoms with van der Waals surface area (Å²) in [6.07, 6.45) is 0.627. The monoisotopic (exact) mass is 295 g/mol. The van der Waals surface area contributed by atoms with E-state index in [1.54, 1.807) is 13.8 Å². The van der Waals surface area contributed by atoms with Gasteiger partial charge in [-0.25, -0.2) is 0 Å². The van der Waals surface area contributed by atoms with Gasteiger partial charge in [0, 0.05) is 5.41 Å². The second-order valence-electron chi connectivity index (χ2n) is 5.60. The van der Waals surface area contributed by atoms with Gasteiger partial charge in [0.25, 0.3) is 0 Å². The van der Waals surface area contributed by atoms with E-state index in [-0.39, 0.29) is 12.2 Å². The summed E-state index contributed by atoms with van der Waals surface area (Å²) in [6.45, 7) is 3.43. The van der Waals surface area contributed by atoms with Crippen molar-refractivity contribution in [2.45, 2.75) is 38.0 Å². The van der Waals surface area contributed by atoms with Crippen LogP contribution in [0.1, 0.15) is 25.8 Å². The molecule has 1 unspecified atom stereocenters. The van der Waals surface area contributed by atoms with Crippen molar-refractivity contribution in [2.24, 2.45) is 11.1 Å². The number of benzene rings is 1. The van der Waals surface area contributed by atoms with E-state index in [0.717, 1.165) is 5.56 Å². The third-order valence-corrected chi connectivity index (χ3v) is 3.71. The van der Waals surface area contributed by atoms with Crippen molar-refractivity contribution >= 4 is 24.4 Å². The van der Waals surface area contributed by atoms with Crippen LogP contribution in [-0.4, -0.2) is 28.2 Å². The Morgan fingerprint density at radius 1 is 1.30 bits per heavy atom. The van der Waals surface area contributed by atoms with Crippen molar-refractivity contribution in [3.05, 3.63) is 35.9 Å². The van der Waals surface area contributed by atoms with Gasteiger partial charge in [0.2, 0.25) is 0 Å². The van der Waals surface area contributed by atoms with Crippen molar-refractivity contribution in [2.75, 3.05) is 0 Å². The zero-order valence-electron chi connectivity index (χ0n) is 11.7. The summed E-state index contributed by atoms with van der Waals surface area (Å²) in [5.41, 5.74) is 5.74. The molecule has 0 saturated heterocycles. The minimum absolute atomic E-state index is 0.0820. The summed E-state index contributed by atoms with van der Waals surface area (Å²) in [7, 11) is 0. The maximum Gasteiger partial charge on any atom is 0.320 e. The molecule has 0 spiro atoms. The first kappa shape index (κ1) is 16.7. The van der Waals surface area contributed by atoms with Crippen molar-refractivity contribution < 1.29 is 14.7 Å². The lowest BCUT2D eigenvalue weighted by Gasteiger charge is -2.27. The summed E-state index contributed by atoms with van der Waals surface area (Å²) in [5.74, 6) is -1.17. The van der Waals surface area contributed by atoms with E-state index in [0.29, 0.717) is 6.42 Å². The maximum absolute atomic E-state index is 12.4. The molecule has 0 fully saturated rings. The van der Waals surface area contributed by atoms with Crippen LogP contribution in [0.2, 0.25) is 0 Å². The number of hydrogen-bond donors (Lipinski definition) is 3. The predicted octanol–water partition coefficient (Wildman–Crippen LogP) is 1.92. The smallest absolute Gasteiger partial charge is 0.320 e. The van der Waals surface area contributed by atoms with Gasteiger partial charge in [0.15, 0.2) is 5.78 Å². The molecule has 3 N–H and O–H groups in total. The Balaban J connectivity index is 2.70. The second kappa shape index (κ2) is 6.90. The van der Waals surface area contributed by atoms with E-state index in [9.17, 15) is 9.59 Å². The van der Waals surface area contributed by atoms with Crippen LogP contribution in [0, 0.1) is 5.41 Å². The molecule has 0 aliphatic heterocycles. The first-order valence-electron chi connectivity index (χ1n) is 6.49. The molecule has 0 aliphatic rings. The molecule has 2 atom stereocenters. The number of aliphatic carboxylic acids is 1. The lowest BCUT2D eigenvalue weighted by Crippen LogP contribution is -2.41. The molecule has 0 radical (unpaired) electrons. The molecule has 20 heavy (non-hydrogen) atoms. The van der Waals surface area contributed by atoms with E-state index < -0.39 is 22.7 Å². The van der Waals surface area contributed by atoms with Gasteiger partial charge in [-0.15, -0.1) is 0 Å². The number of carbonyl (C=O) groups is 2. The first-order valence-corrected chi connectivity index (χ1v) is 7.00. The van der Waals surface area contributed by atoms with E-state index >= 15 is 0 Å². The third-order valence-electron chi connectivity index (χ3n) is 3.29. The topological polar surface area (TPSA) is 80.4 Å². The van der Waals surface area contributed by atoms with Gasteiger partial charge in [-0.3, -0.25) is 9.59 Å². The third kappa shape index (κ3) is 4.65. The number of ketones is 1. The second-order valence-corrected chi connectivity index (χ2v) is 6.23. The van der Waals surface area contributed by atoms with Gasteiger partial charge < -0.3 is 10.8 Å². The quantitative estimate of drug-likeness (QED) is 0.671. The molecule has 0 heterocycles. The number of rotatable bonds is 7. The highest BCUT2D eigenvalue weighted by Crippen LogP contribution is 2.27. The Hall–Kier alpha value is -1.33. The van der Waals surface area contributed by atoms with Crippen LogP contribution in [0.25, 0.3) is 0 Å². The molecule has 1 aromatic rings. The van der Waals surface area contributed by atoms with Crippen LogP contribution in [0.3, 0.4) is 0 Å². The van der Waals surface area contributed by atoms with Crippen molar-refractivity contribution in [3.8, 4) is 0 Å². The van der Waals surface area contributed by atoms with Gasteiger partial charge in [-0.05, 0) is 18.4 Å². The largest absolute Gasteiger partial charge is 0.480 e. The Labute approximate surface area is 124 Å². The SMILES string of the molecule is CC(C)(C[C@H](N)C(=O)O)C(=O)C(S)Cc1ccccc1. The summed E-state index contributed by atoms with van der Waals surface area (Å²) in [6, 6.07) is 8.57. The Morgan fingerprint density at radius 3 is 2.35 bits per heavy atom. The lowest BCUT2D eigenvalue weighted by molar-refractivity contribution is -0.140. The number of carbonyl (C=O) groups excluding carboxylic acids is 1. The van der Waals surface area contributed by atoms with E-state index in [2.05, 4.69) is 12.6 Å². The molecule has 4 nitrogen and oxygen atoms in total. The number of carboxylic acids is 1. The van der Waals surface area contributed by atoms with Crippen LogP contribution >= 0.6 is 12.6 Å². The maximum atomic E-state index is 12.4. The fourth-order valence-electron chi connectivity index (χ4n) is 2.12. The first-order chi connectivity index (χ1) is 9.24. The summed E-state index contributed by atoms with van der Waals surface area (Å²) < 4.78 is 0. The van der Waals surface area contributed by atoms with Crippen LogP contribution in [-0.2, 0) is 16.0 Å². The average Bonchev–Trinajstić information content (AvgIpc) is 2.38. The molecule has 5 heteroatoms. The van der Waals surface area contributed by atoms with Crippen molar-refractivity contribution in [1.29, 1.82) is 0 Å². The molecule has 1 aromatic carbocycles. The molecule has 0 bridgehead atoms. The standard InChI is InChI=1S/C15H21NO3S/c1-15(2,9-11(16)14(18)19)13(17)12(20)8-10-6-4-3-5-7-10/h3-7,11-12,20H,8-9,16H2,1-2H3,(H,18,19)/t11-,12?/m0/s1. The number of hydrogen-bond acceptors (Lipinski definition) is 4. The molecule has 0 amide bonds. The lowest BCUT2D eigenvalue weighted by atomic mass is 9.79. The molecule has 110 valence electrons. The van der Waals surface area contributed by atoms with Crippen molar-refractivity contribution in [3.63, 3.8) is 0 Å². The van der Waals surface area contributed by atoms with Crippen molar-refractivity contribution in [1.82, 2.24) is 0 Å². The predicted molar refractivity (Wildman–Crippen MR) is 81.9 cm³/mol. The Bertz CT molecular complexity index is 473. The minimum Gasteiger partial charge on any atom is -0.480 e. The van der Waals surface area contributed by atoms with Gasteiger partial charge >= 0.3 is 5.97 Å². The molecular formula is C15H21NO3S. The van der Waals surface area contributed by atoms with Gasteiger partial charge in [0.05, 0.1) is 5.25 Å². The van der Waals surface area contributed by atoms with Crippen LogP contribution in [0.4, 0.5) is 0 Å². The summed E-state index contributed by atoms with van der Waals surface area (Å²) >= 11 is 4.37. The highest BCUT2D eigenvalue weighted by atomic mass is 32.1. The highest BCUT2D eigenvalue weighted by Gasteiger charge is 2.35. The minimum atomic E-state index is -1.09. The zero-order chi connectivity index (χ0) is 15.3. The zero-order valence-corrected chi connectivity index (χ0v) is 12.6. The fraction of sp³-hybridized carbons (Fsp3) is 0.467. The molecule has 0 aliphatic carbocycles.